The van der Waals surface area contributed by atoms with Crippen LogP contribution in [0.2, 0.25) is 0 Å². The van der Waals surface area contributed by atoms with E-state index >= 15 is 0 Å². The molecule has 0 fully saturated rings. The first-order valence-corrected chi connectivity index (χ1v) is 7.69. The van der Waals surface area contributed by atoms with Gasteiger partial charge in [-0.15, -0.1) is 0 Å². The Morgan fingerprint density at radius 3 is 2.62 bits per heavy atom. The lowest BCUT2D eigenvalue weighted by Gasteiger charge is -2.14. The molecule has 1 unspecified atom stereocenters. The summed E-state index contributed by atoms with van der Waals surface area (Å²) in [6.07, 6.45) is 1.58. The van der Waals surface area contributed by atoms with Crippen molar-refractivity contribution < 1.29 is 17.5 Å². The lowest BCUT2D eigenvalue weighted by molar-refractivity contribution is 0.385. The third-order valence-corrected chi connectivity index (χ3v) is 4.44. The van der Waals surface area contributed by atoms with Crippen molar-refractivity contribution in [3.8, 4) is 5.75 Å². The number of hydrogen-bond acceptors (Lipinski definition) is 4. The molecule has 2 rings (SSSR count). The van der Waals surface area contributed by atoms with Crippen LogP contribution in [0, 0.1) is 5.82 Å². The van der Waals surface area contributed by atoms with E-state index in [2.05, 4.69) is 9.71 Å². The van der Waals surface area contributed by atoms with Gasteiger partial charge in [0.1, 0.15) is 0 Å². The van der Waals surface area contributed by atoms with E-state index in [1.54, 1.807) is 31.3 Å². The van der Waals surface area contributed by atoms with E-state index in [9.17, 15) is 12.8 Å². The average Bonchev–Trinajstić information content (AvgIpc) is 2.47. The maximum absolute atomic E-state index is 13.6. The first-order chi connectivity index (χ1) is 9.94. The smallest absolute Gasteiger partial charge is 0.241 e. The molecule has 0 spiro atoms. The van der Waals surface area contributed by atoms with Crippen molar-refractivity contribution in [3.63, 3.8) is 0 Å². The number of rotatable bonds is 5. The van der Waals surface area contributed by atoms with E-state index in [4.69, 9.17) is 4.74 Å². The second kappa shape index (κ2) is 6.19. The number of nitrogens with zero attached hydrogens (tertiary/aromatic N) is 1. The van der Waals surface area contributed by atoms with Crippen LogP contribution in [-0.4, -0.2) is 20.5 Å². The Morgan fingerprint density at radius 2 is 2.05 bits per heavy atom. The zero-order valence-electron chi connectivity index (χ0n) is 11.6. The molecule has 0 aliphatic carbocycles. The minimum atomic E-state index is -3.84. The summed E-state index contributed by atoms with van der Waals surface area (Å²) in [5, 5.41) is 0. The molecule has 0 aliphatic rings. The quantitative estimate of drug-likeness (QED) is 0.920. The van der Waals surface area contributed by atoms with Crippen molar-refractivity contribution in [1.82, 2.24) is 9.71 Å². The van der Waals surface area contributed by atoms with Gasteiger partial charge >= 0.3 is 0 Å². The maximum atomic E-state index is 13.6. The Labute approximate surface area is 122 Å². The number of halogens is 1. The molecule has 1 N–H and O–H groups in total. The van der Waals surface area contributed by atoms with Gasteiger partial charge in [0, 0.05) is 6.20 Å². The summed E-state index contributed by atoms with van der Waals surface area (Å²) in [6, 6.07) is 8.17. The minimum Gasteiger partial charge on any atom is -0.494 e. The summed E-state index contributed by atoms with van der Waals surface area (Å²) in [5.41, 5.74) is 0.579. The van der Waals surface area contributed by atoms with Gasteiger partial charge in [-0.2, -0.15) is 0 Å². The lowest BCUT2D eigenvalue weighted by atomic mass is 10.2. The lowest BCUT2D eigenvalue weighted by Crippen LogP contribution is -2.27. The van der Waals surface area contributed by atoms with Gasteiger partial charge in [0.2, 0.25) is 10.0 Å². The Kier molecular flexibility index (Phi) is 4.54. The molecule has 0 bridgehead atoms. The molecule has 0 amide bonds. The average molecular weight is 310 g/mol. The molecule has 5 nitrogen and oxygen atoms in total. The highest BCUT2D eigenvalue weighted by Crippen LogP contribution is 2.22. The molecule has 0 saturated heterocycles. The number of hydrogen-bond donors (Lipinski definition) is 1. The molecule has 112 valence electrons. The van der Waals surface area contributed by atoms with Crippen LogP contribution in [0.3, 0.4) is 0 Å². The maximum Gasteiger partial charge on any atom is 0.241 e. The number of ether oxygens (including phenoxy) is 1. The van der Waals surface area contributed by atoms with Gasteiger partial charge in [-0.25, -0.2) is 17.5 Å². The predicted molar refractivity (Wildman–Crippen MR) is 75.9 cm³/mol. The summed E-state index contributed by atoms with van der Waals surface area (Å²) in [6.45, 7) is 1.67. The van der Waals surface area contributed by atoms with Crippen molar-refractivity contribution in [2.45, 2.75) is 17.9 Å². The zero-order valence-corrected chi connectivity index (χ0v) is 12.4. The first-order valence-electron chi connectivity index (χ1n) is 6.21. The van der Waals surface area contributed by atoms with E-state index in [0.717, 1.165) is 6.07 Å². The van der Waals surface area contributed by atoms with Crippen molar-refractivity contribution in [2.24, 2.45) is 0 Å². The van der Waals surface area contributed by atoms with Crippen LogP contribution >= 0.6 is 0 Å². The number of benzene rings is 1. The van der Waals surface area contributed by atoms with Crippen LogP contribution in [0.4, 0.5) is 4.39 Å². The number of pyridine rings is 1. The topological polar surface area (TPSA) is 68.3 Å². The molecule has 0 radical (unpaired) electrons. The van der Waals surface area contributed by atoms with Crippen LogP contribution in [0.5, 0.6) is 5.75 Å². The molecule has 2 aromatic rings. The largest absolute Gasteiger partial charge is 0.494 e. The van der Waals surface area contributed by atoms with Gasteiger partial charge in [-0.05, 0) is 37.3 Å². The molecule has 7 heteroatoms. The van der Waals surface area contributed by atoms with Crippen LogP contribution in [0.1, 0.15) is 18.7 Å². The van der Waals surface area contributed by atoms with Crippen molar-refractivity contribution >= 4 is 10.0 Å². The number of nitrogens with one attached hydrogen (secondary N) is 1. The highest BCUT2D eigenvalue weighted by atomic mass is 32.2. The highest BCUT2D eigenvalue weighted by molar-refractivity contribution is 7.89. The van der Waals surface area contributed by atoms with Crippen LogP contribution in [-0.2, 0) is 10.0 Å². The molecule has 21 heavy (non-hydrogen) atoms. The third kappa shape index (κ3) is 3.56. The Bertz CT molecular complexity index is 720. The second-order valence-electron chi connectivity index (χ2n) is 4.39. The van der Waals surface area contributed by atoms with E-state index in [1.807, 2.05) is 0 Å². The molecule has 1 atom stereocenters. The minimum absolute atomic E-state index is 0.00766. The second-order valence-corrected chi connectivity index (χ2v) is 6.11. The number of methoxy groups -OCH3 is 1. The predicted octanol–water partition coefficient (Wildman–Crippen LogP) is 2.27. The molecule has 1 heterocycles. The van der Waals surface area contributed by atoms with Crippen LogP contribution in [0.15, 0.2) is 47.5 Å². The summed E-state index contributed by atoms with van der Waals surface area (Å²) < 4.78 is 45.3. The van der Waals surface area contributed by atoms with Gasteiger partial charge in [-0.1, -0.05) is 6.07 Å². The van der Waals surface area contributed by atoms with Crippen molar-refractivity contribution in [1.29, 1.82) is 0 Å². The molecule has 0 aliphatic heterocycles. The summed E-state index contributed by atoms with van der Waals surface area (Å²) >= 11 is 0. The SMILES string of the molecule is COc1ccc(S(=O)(=O)NC(C)c2ccccn2)cc1F. The van der Waals surface area contributed by atoms with Gasteiger partial charge in [0.15, 0.2) is 11.6 Å². The molecule has 0 saturated carbocycles. The highest BCUT2D eigenvalue weighted by Gasteiger charge is 2.20. The molecule has 1 aromatic carbocycles. The van der Waals surface area contributed by atoms with Gasteiger partial charge in [0.25, 0.3) is 0 Å². The van der Waals surface area contributed by atoms with E-state index in [-0.39, 0.29) is 10.6 Å². The van der Waals surface area contributed by atoms with Crippen molar-refractivity contribution in [2.75, 3.05) is 7.11 Å². The third-order valence-electron chi connectivity index (χ3n) is 2.90. The Balaban J connectivity index is 2.24. The van der Waals surface area contributed by atoms with Crippen LogP contribution < -0.4 is 9.46 Å². The fourth-order valence-corrected chi connectivity index (χ4v) is 3.04. The molecular weight excluding hydrogens is 295 g/mol. The monoisotopic (exact) mass is 310 g/mol. The van der Waals surface area contributed by atoms with E-state index in [1.165, 1.54) is 19.2 Å². The van der Waals surface area contributed by atoms with Crippen molar-refractivity contribution in [3.05, 3.63) is 54.1 Å². The van der Waals surface area contributed by atoms with Gasteiger partial charge in [-0.3, -0.25) is 4.98 Å². The van der Waals surface area contributed by atoms with E-state index in [0.29, 0.717) is 5.69 Å². The van der Waals surface area contributed by atoms with Crippen LogP contribution in [0.25, 0.3) is 0 Å². The summed E-state index contributed by atoms with van der Waals surface area (Å²) in [5.74, 6) is -0.738. The first kappa shape index (κ1) is 15.4. The van der Waals surface area contributed by atoms with Gasteiger partial charge in [0.05, 0.1) is 23.7 Å². The normalized spacial score (nSPS) is 12.9. The van der Waals surface area contributed by atoms with Gasteiger partial charge < -0.3 is 4.74 Å². The zero-order chi connectivity index (χ0) is 15.5. The molecular formula is C14H15FN2O3S. The summed E-state index contributed by atoms with van der Waals surface area (Å²) in [4.78, 5) is 3.92. The molecule has 1 aromatic heterocycles. The number of aromatic nitrogens is 1. The number of sulfonamides is 1. The fourth-order valence-electron chi connectivity index (χ4n) is 1.81. The fraction of sp³-hybridized carbons (Fsp3) is 0.214. The van der Waals surface area contributed by atoms with E-state index < -0.39 is 21.9 Å². The summed E-state index contributed by atoms with van der Waals surface area (Å²) in [7, 11) is -2.53. The standard InChI is InChI=1S/C14H15FN2O3S/c1-10(13-5-3-4-8-16-13)17-21(18,19)11-6-7-14(20-2)12(15)9-11/h3-10,17H,1-2H3. The Hall–Kier alpha value is -1.99. The Morgan fingerprint density at radius 1 is 1.29 bits per heavy atom.